The summed E-state index contributed by atoms with van der Waals surface area (Å²) in [5, 5.41) is 0. The van der Waals surface area contributed by atoms with Crippen LogP contribution in [0.3, 0.4) is 0 Å². The fourth-order valence-electron chi connectivity index (χ4n) is 6.99. The zero-order chi connectivity index (χ0) is 13.9. The molecule has 3 atom stereocenters. The molecule has 4 rings (SSSR count). The van der Waals surface area contributed by atoms with Gasteiger partial charge in [-0.3, -0.25) is 0 Å². The molecule has 0 amide bonds. The Labute approximate surface area is 119 Å². The quantitative estimate of drug-likeness (QED) is 0.731. The van der Waals surface area contributed by atoms with Crippen molar-refractivity contribution in [2.24, 2.45) is 27.9 Å². The van der Waals surface area contributed by atoms with E-state index in [1.54, 1.807) is 0 Å². The average molecular weight is 261 g/mol. The molecule has 4 saturated carbocycles. The summed E-state index contributed by atoms with van der Waals surface area (Å²) in [4.78, 5) is 0. The molecule has 0 aromatic carbocycles. The van der Waals surface area contributed by atoms with E-state index in [1.165, 1.54) is 50.5 Å². The molecule has 0 aromatic heterocycles. The SMILES string of the molecule is C=C(C)CC(N)CC12CC3CC(C)(CC(C)(C3)C1)C2. The van der Waals surface area contributed by atoms with Crippen LogP contribution in [-0.4, -0.2) is 6.04 Å². The van der Waals surface area contributed by atoms with E-state index in [-0.39, 0.29) is 0 Å². The van der Waals surface area contributed by atoms with E-state index in [0.29, 0.717) is 22.3 Å². The maximum absolute atomic E-state index is 6.42. The molecule has 0 saturated heterocycles. The highest BCUT2D eigenvalue weighted by atomic mass is 14.7. The van der Waals surface area contributed by atoms with Crippen LogP contribution in [0, 0.1) is 22.2 Å². The lowest BCUT2D eigenvalue weighted by atomic mass is 9.39. The Morgan fingerprint density at radius 3 is 2.21 bits per heavy atom. The monoisotopic (exact) mass is 261 g/mol. The molecule has 0 radical (unpaired) electrons. The third kappa shape index (κ3) is 2.51. The predicted octanol–water partition coefficient (Wildman–Crippen LogP) is 4.67. The van der Waals surface area contributed by atoms with Gasteiger partial charge in [0.15, 0.2) is 0 Å². The van der Waals surface area contributed by atoms with Gasteiger partial charge in [-0.05, 0) is 80.5 Å². The van der Waals surface area contributed by atoms with Crippen molar-refractivity contribution in [1.82, 2.24) is 0 Å². The summed E-state index contributed by atoms with van der Waals surface area (Å²) in [6.07, 6.45) is 11.0. The van der Waals surface area contributed by atoms with E-state index in [2.05, 4.69) is 27.4 Å². The molecule has 1 heteroatoms. The van der Waals surface area contributed by atoms with Crippen molar-refractivity contribution in [3.05, 3.63) is 12.2 Å². The number of rotatable bonds is 4. The molecule has 3 unspecified atom stereocenters. The molecule has 4 bridgehead atoms. The van der Waals surface area contributed by atoms with Gasteiger partial charge in [0.2, 0.25) is 0 Å². The van der Waals surface area contributed by atoms with E-state index in [0.717, 1.165) is 12.3 Å². The largest absolute Gasteiger partial charge is 0.327 e. The predicted molar refractivity (Wildman–Crippen MR) is 81.9 cm³/mol. The number of hydrogen-bond donors (Lipinski definition) is 1. The lowest BCUT2D eigenvalue weighted by molar-refractivity contribution is -0.149. The van der Waals surface area contributed by atoms with Crippen molar-refractivity contribution in [2.75, 3.05) is 0 Å². The number of nitrogens with two attached hydrogens (primary N) is 1. The average Bonchev–Trinajstić information content (AvgIpc) is 2.06. The van der Waals surface area contributed by atoms with E-state index in [9.17, 15) is 0 Å². The molecule has 0 aliphatic heterocycles. The zero-order valence-corrected chi connectivity index (χ0v) is 13.1. The van der Waals surface area contributed by atoms with Crippen LogP contribution in [0.4, 0.5) is 0 Å². The second-order valence-corrected chi connectivity index (χ2v) is 9.26. The van der Waals surface area contributed by atoms with Gasteiger partial charge in [0.05, 0.1) is 0 Å². The summed E-state index contributed by atoms with van der Waals surface area (Å²) in [5.74, 6) is 0.989. The maximum Gasteiger partial charge on any atom is 0.00811 e. The first kappa shape index (κ1) is 13.7. The van der Waals surface area contributed by atoms with Crippen LogP contribution in [0.2, 0.25) is 0 Å². The van der Waals surface area contributed by atoms with Crippen molar-refractivity contribution in [2.45, 2.75) is 78.2 Å². The van der Waals surface area contributed by atoms with Gasteiger partial charge < -0.3 is 5.73 Å². The normalized spacial score (nSPS) is 49.4. The highest BCUT2D eigenvalue weighted by Crippen LogP contribution is 2.70. The summed E-state index contributed by atoms with van der Waals surface area (Å²) >= 11 is 0. The minimum absolute atomic E-state index is 0.334. The standard InChI is InChI=1S/C18H31N/c1-13(2)5-15(19)9-18-8-14-6-16(3,11-18)10-17(4,7-14)12-18/h14-15H,1,5-12,19H2,2-4H3. The summed E-state index contributed by atoms with van der Waals surface area (Å²) in [6, 6.07) is 0.334. The van der Waals surface area contributed by atoms with Crippen molar-refractivity contribution < 1.29 is 0 Å². The first-order valence-corrected chi connectivity index (χ1v) is 8.12. The van der Waals surface area contributed by atoms with Crippen LogP contribution in [0.15, 0.2) is 12.2 Å². The molecule has 19 heavy (non-hydrogen) atoms. The molecular formula is C18H31N. The van der Waals surface area contributed by atoms with Crippen LogP contribution >= 0.6 is 0 Å². The summed E-state index contributed by atoms with van der Waals surface area (Å²) < 4.78 is 0. The highest BCUT2D eigenvalue weighted by Gasteiger charge is 2.59. The highest BCUT2D eigenvalue weighted by molar-refractivity contribution is 5.11. The molecular weight excluding hydrogens is 230 g/mol. The van der Waals surface area contributed by atoms with Gasteiger partial charge in [0.25, 0.3) is 0 Å². The molecule has 0 spiro atoms. The Kier molecular flexibility index (Phi) is 2.95. The number of hydrogen-bond acceptors (Lipinski definition) is 1. The van der Waals surface area contributed by atoms with Crippen molar-refractivity contribution in [3.8, 4) is 0 Å². The Morgan fingerprint density at radius 2 is 1.74 bits per heavy atom. The topological polar surface area (TPSA) is 26.0 Å². The molecule has 2 N–H and O–H groups in total. The van der Waals surface area contributed by atoms with Crippen molar-refractivity contribution in [3.63, 3.8) is 0 Å². The smallest absolute Gasteiger partial charge is 0.00811 e. The van der Waals surface area contributed by atoms with Gasteiger partial charge >= 0.3 is 0 Å². The zero-order valence-electron chi connectivity index (χ0n) is 13.1. The Hall–Kier alpha value is -0.300. The van der Waals surface area contributed by atoms with E-state index >= 15 is 0 Å². The van der Waals surface area contributed by atoms with Gasteiger partial charge in [-0.25, -0.2) is 0 Å². The Bertz CT molecular complexity index is 378. The molecule has 4 aliphatic rings. The fraction of sp³-hybridized carbons (Fsp3) is 0.889. The van der Waals surface area contributed by atoms with Crippen LogP contribution in [0.1, 0.15) is 72.1 Å². The van der Waals surface area contributed by atoms with Crippen molar-refractivity contribution in [1.29, 1.82) is 0 Å². The van der Waals surface area contributed by atoms with Gasteiger partial charge in [0.1, 0.15) is 0 Å². The maximum atomic E-state index is 6.42. The van der Waals surface area contributed by atoms with Crippen LogP contribution in [-0.2, 0) is 0 Å². The Balaban J connectivity index is 1.79. The van der Waals surface area contributed by atoms with Crippen LogP contribution in [0.25, 0.3) is 0 Å². The van der Waals surface area contributed by atoms with Crippen molar-refractivity contribution >= 4 is 0 Å². The van der Waals surface area contributed by atoms with Gasteiger partial charge in [-0.2, -0.15) is 0 Å². The van der Waals surface area contributed by atoms with Gasteiger partial charge in [-0.1, -0.05) is 19.4 Å². The first-order chi connectivity index (χ1) is 8.72. The Morgan fingerprint density at radius 1 is 1.16 bits per heavy atom. The first-order valence-electron chi connectivity index (χ1n) is 8.12. The van der Waals surface area contributed by atoms with E-state index in [4.69, 9.17) is 5.73 Å². The van der Waals surface area contributed by atoms with E-state index < -0.39 is 0 Å². The third-order valence-corrected chi connectivity index (χ3v) is 6.05. The molecule has 4 fully saturated rings. The van der Waals surface area contributed by atoms with Crippen LogP contribution < -0.4 is 5.73 Å². The third-order valence-electron chi connectivity index (χ3n) is 6.05. The molecule has 0 heterocycles. The lowest BCUT2D eigenvalue weighted by Crippen LogP contribution is -2.56. The second kappa shape index (κ2) is 4.10. The van der Waals surface area contributed by atoms with Gasteiger partial charge in [0, 0.05) is 6.04 Å². The molecule has 4 aliphatic carbocycles. The minimum Gasteiger partial charge on any atom is -0.327 e. The summed E-state index contributed by atoms with van der Waals surface area (Å²) in [7, 11) is 0. The molecule has 108 valence electrons. The molecule has 1 nitrogen and oxygen atoms in total. The summed E-state index contributed by atoms with van der Waals surface area (Å²) in [5.41, 5.74) is 9.48. The lowest BCUT2D eigenvalue weighted by Gasteiger charge is -2.66. The van der Waals surface area contributed by atoms with Crippen LogP contribution in [0.5, 0.6) is 0 Å². The minimum atomic E-state index is 0.334. The van der Waals surface area contributed by atoms with E-state index in [1.807, 2.05) is 0 Å². The summed E-state index contributed by atoms with van der Waals surface area (Å²) in [6.45, 7) is 11.3. The molecule has 0 aromatic rings. The van der Waals surface area contributed by atoms with Gasteiger partial charge in [-0.15, -0.1) is 6.58 Å². The second-order valence-electron chi connectivity index (χ2n) is 9.26. The fourth-order valence-corrected chi connectivity index (χ4v) is 6.99.